The third kappa shape index (κ3) is 3.45. The Kier molecular flexibility index (Phi) is 4.97. The molecule has 0 atom stereocenters. The lowest BCUT2D eigenvalue weighted by molar-refractivity contribution is 1.18. The summed E-state index contributed by atoms with van der Waals surface area (Å²) in [4.78, 5) is 5.21. The first-order chi connectivity index (χ1) is 20.3. The predicted octanol–water partition coefficient (Wildman–Crippen LogP) is 11.1. The largest absolute Gasteiger partial charge is 0.309 e. The van der Waals surface area contributed by atoms with Crippen LogP contribution in [-0.2, 0) is 0 Å². The maximum Gasteiger partial charge on any atom is 0.124 e. The first-order valence-electron chi connectivity index (χ1n) is 13.7. The minimum Gasteiger partial charge on any atom is -0.309 e. The van der Waals surface area contributed by atoms with Crippen LogP contribution in [0.3, 0.4) is 0 Å². The standard InChI is InChI=1S/C37H22N2S2/c1-2-10-23(11-3-1)29-22-30-36(34-28-14-6-9-17-33(28)40-35(29)34)41-37(38-30)24-18-20-25(21-19-24)39-31-15-7-4-12-26(31)27-13-5-8-16-32(27)39/h1-22H. The molecule has 0 unspecified atom stereocenters. The molecule has 0 N–H and O–H groups in total. The zero-order valence-electron chi connectivity index (χ0n) is 21.9. The van der Waals surface area contributed by atoms with Crippen molar-refractivity contribution in [3.63, 3.8) is 0 Å². The number of para-hydroxylation sites is 2. The number of rotatable bonds is 3. The fraction of sp³-hybridized carbons (Fsp3) is 0. The number of thiazole rings is 1. The number of thiophene rings is 1. The van der Waals surface area contributed by atoms with Crippen LogP contribution >= 0.6 is 22.7 Å². The van der Waals surface area contributed by atoms with Crippen molar-refractivity contribution in [3.05, 3.63) is 133 Å². The van der Waals surface area contributed by atoms with Gasteiger partial charge in [0.2, 0.25) is 0 Å². The molecule has 41 heavy (non-hydrogen) atoms. The number of hydrogen-bond donors (Lipinski definition) is 0. The van der Waals surface area contributed by atoms with Crippen LogP contribution in [-0.4, -0.2) is 9.55 Å². The molecule has 0 aliphatic heterocycles. The molecule has 9 rings (SSSR count). The second-order valence-corrected chi connectivity index (χ2v) is 12.4. The van der Waals surface area contributed by atoms with E-state index in [4.69, 9.17) is 4.98 Å². The van der Waals surface area contributed by atoms with Gasteiger partial charge in [0.1, 0.15) is 5.01 Å². The number of nitrogens with zero attached hydrogens (tertiary/aromatic N) is 2. The van der Waals surface area contributed by atoms with Gasteiger partial charge in [-0.3, -0.25) is 0 Å². The number of benzene rings is 6. The third-order valence-electron chi connectivity index (χ3n) is 8.04. The van der Waals surface area contributed by atoms with Gasteiger partial charge in [-0.05, 0) is 54.1 Å². The molecule has 0 saturated heterocycles. The molecular formula is C37H22N2S2. The summed E-state index contributed by atoms with van der Waals surface area (Å²) in [5, 5.41) is 6.24. The molecule has 9 aromatic rings. The van der Waals surface area contributed by atoms with Gasteiger partial charge in [-0.15, -0.1) is 22.7 Å². The second-order valence-electron chi connectivity index (χ2n) is 10.4. The van der Waals surface area contributed by atoms with Crippen LogP contribution in [0.4, 0.5) is 0 Å². The van der Waals surface area contributed by atoms with Crippen LogP contribution < -0.4 is 0 Å². The van der Waals surface area contributed by atoms with Crippen LogP contribution in [0.15, 0.2) is 133 Å². The van der Waals surface area contributed by atoms with Crippen LogP contribution in [0, 0.1) is 0 Å². The summed E-state index contributed by atoms with van der Waals surface area (Å²) in [6, 6.07) is 48.0. The minimum atomic E-state index is 1.05. The van der Waals surface area contributed by atoms with Crippen molar-refractivity contribution in [2.75, 3.05) is 0 Å². The van der Waals surface area contributed by atoms with Gasteiger partial charge in [0.25, 0.3) is 0 Å². The summed E-state index contributed by atoms with van der Waals surface area (Å²) in [6.45, 7) is 0. The summed E-state index contributed by atoms with van der Waals surface area (Å²) in [7, 11) is 0. The molecule has 0 aliphatic carbocycles. The Morgan fingerprint density at radius 2 is 1.15 bits per heavy atom. The van der Waals surface area contributed by atoms with Crippen LogP contribution in [0.25, 0.3) is 79.6 Å². The first-order valence-corrected chi connectivity index (χ1v) is 15.4. The van der Waals surface area contributed by atoms with Gasteiger partial charge in [-0.1, -0.05) is 84.9 Å². The number of hydrogen-bond acceptors (Lipinski definition) is 3. The van der Waals surface area contributed by atoms with Crippen molar-refractivity contribution in [3.8, 4) is 27.4 Å². The van der Waals surface area contributed by atoms with Crippen molar-refractivity contribution in [2.24, 2.45) is 0 Å². The highest BCUT2D eigenvalue weighted by molar-refractivity contribution is 7.28. The molecule has 0 bridgehead atoms. The van der Waals surface area contributed by atoms with Crippen molar-refractivity contribution >= 4 is 74.9 Å². The van der Waals surface area contributed by atoms with Gasteiger partial charge >= 0.3 is 0 Å². The summed E-state index contributed by atoms with van der Waals surface area (Å²) < 4.78 is 6.28. The average Bonchev–Trinajstić information content (AvgIpc) is 3.73. The quantitative estimate of drug-likeness (QED) is 0.211. The van der Waals surface area contributed by atoms with E-state index in [1.807, 2.05) is 11.3 Å². The molecule has 2 nitrogen and oxygen atoms in total. The fourth-order valence-corrected chi connectivity index (χ4v) is 8.61. The van der Waals surface area contributed by atoms with Crippen LogP contribution in [0.5, 0.6) is 0 Å². The molecule has 0 spiro atoms. The Labute approximate surface area is 244 Å². The molecule has 4 heteroatoms. The molecule has 0 amide bonds. The zero-order valence-corrected chi connectivity index (χ0v) is 23.5. The summed E-state index contributed by atoms with van der Waals surface area (Å²) in [5.41, 5.74) is 8.30. The maximum atomic E-state index is 5.21. The average molecular weight is 559 g/mol. The number of aromatic nitrogens is 2. The van der Waals surface area contributed by atoms with E-state index in [1.54, 1.807) is 11.3 Å². The van der Waals surface area contributed by atoms with Gasteiger partial charge in [-0.2, -0.15) is 0 Å². The monoisotopic (exact) mass is 558 g/mol. The lowest BCUT2D eigenvalue weighted by Gasteiger charge is -2.08. The van der Waals surface area contributed by atoms with Crippen LogP contribution in [0.2, 0.25) is 0 Å². The molecule has 3 aromatic heterocycles. The molecule has 0 fully saturated rings. The van der Waals surface area contributed by atoms with Crippen molar-refractivity contribution in [1.82, 2.24) is 9.55 Å². The zero-order chi connectivity index (χ0) is 26.9. The Balaban J connectivity index is 1.23. The lowest BCUT2D eigenvalue weighted by Crippen LogP contribution is -1.93. The van der Waals surface area contributed by atoms with E-state index in [-0.39, 0.29) is 0 Å². The molecule has 192 valence electrons. The van der Waals surface area contributed by atoms with E-state index >= 15 is 0 Å². The van der Waals surface area contributed by atoms with Gasteiger partial charge in [-0.25, -0.2) is 4.98 Å². The highest BCUT2D eigenvalue weighted by Gasteiger charge is 2.18. The highest BCUT2D eigenvalue weighted by atomic mass is 32.1. The SMILES string of the molecule is c1ccc(-c2cc3nc(-c4ccc(-n5c6ccccc6c6ccccc65)cc4)sc3c3c2sc2ccccc23)cc1. The van der Waals surface area contributed by atoms with E-state index < -0.39 is 0 Å². The van der Waals surface area contributed by atoms with E-state index in [1.165, 1.54) is 57.8 Å². The Morgan fingerprint density at radius 1 is 0.512 bits per heavy atom. The van der Waals surface area contributed by atoms with Gasteiger partial charge in [0, 0.05) is 47.8 Å². The van der Waals surface area contributed by atoms with E-state index in [0.717, 1.165) is 21.8 Å². The third-order valence-corrected chi connectivity index (χ3v) is 10.4. The first kappa shape index (κ1) is 23.0. The Morgan fingerprint density at radius 3 is 1.88 bits per heavy atom. The Bertz CT molecular complexity index is 2350. The van der Waals surface area contributed by atoms with E-state index in [0.29, 0.717) is 0 Å². The smallest absolute Gasteiger partial charge is 0.124 e. The summed E-state index contributed by atoms with van der Waals surface area (Å²) in [5.74, 6) is 0. The maximum absolute atomic E-state index is 5.21. The van der Waals surface area contributed by atoms with Gasteiger partial charge in [0.05, 0.1) is 21.3 Å². The summed E-state index contributed by atoms with van der Waals surface area (Å²) >= 11 is 3.68. The predicted molar refractivity (Wildman–Crippen MR) is 178 cm³/mol. The minimum absolute atomic E-state index is 1.05. The van der Waals surface area contributed by atoms with Crippen molar-refractivity contribution < 1.29 is 0 Å². The highest BCUT2D eigenvalue weighted by Crippen LogP contribution is 2.46. The van der Waals surface area contributed by atoms with Crippen LogP contribution in [0.1, 0.15) is 0 Å². The van der Waals surface area contributed by atoms with Crippen molar-refractivity contribution in [2.45, 2.75) is 0 Å². The van der Waals surface area contributed by atoms with E-state index in [2.05, 4.69) is 138 Å². The van der Waals surface area contributed by atoms with Gasteiger partial charge < -0.3 is 4.57 Å². The second kappa shape index (κ2) is 8.87. The van der Waals surface area contributed by atoms with Crippen molar-refractivity contribution in [1.29, 1.82) is 0 Å². The lowest BCUT2D eigenvalue weighted by atomic mass is 10.0. The molecule has 3 heterocycles. The number of fused-ring (bicyclic) bond motifs is 8. The topological polar surface area (TPSA) is 17.8 Å². The Hall–Kier alpha value is -4.77. The normalized spacial score (nSPS) is 11.9. The molecule has 0 radical (unpaired) electrons. The molecule has 0 saturated carbocycles. The fourth-order valence-electron chi connectivity index (χ4n) is 6.18. The molecular weight excluding hydrogens is 537 g/mol. The van der Waals surface area contributed by atoms with Gasteiger partial charge in [0.15, 0.2) is 0 Å². The molecule has 6 aromatic carbocycles. The molecule has 0 aliphatic rings. The summed E-state index contributed by atoms with van der Waals surface area (Å²) in [6.07, 6.45) is 0. The van der Waals surface area contributed by atoms with E-state index in [9.17, 15) is 0 Å².